The molecule has 2 heterocycles. The predicted molar refractivity (Wildman–Crippen MR) is 91.5 cm³/mol. The fraction of sp³-hybridized carbons (Fsp3) is 0. The zero-order chi connectivity index (χ0) is 15.1. The van der Waals surface area contributed by atoms with Crippen LogP contribution in [0.1, 0.15) is 10.6 Å². The maximum Gasteiger partial charge on any atom is 0.293 e. The Balaban J connectivity index is 1.66. The highest BCUT2D eigenvalue weighted by atomic mass is 79.9. The number of nitrogens with one attached hydrogen (secondary N) is 1. The number of anilines is 1. The van der Waals surface area contributed by atoms with Gasteiger partial charge in [-0.3, -0.25) is 10.1 Å². The highest BCUT2D eigenvalue weighted by Crippen LogP contribution is 2.31. The number of carbonyl (C=O) groups excluding carboxylic acids is 1. The van der Waals surface area contributed by atoms with E-state index in [0.717, 1.165) is 20.1 Å². The quantitative estimate of drug-likeness (QED) is 0.535. The number of benzene rings is 2. The average molecular weight is 373 g/mol. The van der Waals surface area contributed by atoms with Crippen LogP contribution in [-0.4, -0.2) is 10.9 Å². The lowest BCUT2D eigenvalue weighted by molar-refractivity contribution is 0.0998. The van der Waals surface area contributed by atoms with Crippen LogP contribution < -0.4 is 5.32 Å². The molecule has 0 aliphatic heterocycles. The monoisotopic (exact) mass is 372 g/mol. The van der Waals surface area contributed by atoms with Crippen LogP contribution in [0.3, 0.4) is 0 Å². The number of aromatic nitrogens is 1. The average Bonchev–Trinajstić information content (AvgIpc) is 3.11. The molecule has 0 aliphatic rings. The first-order valence-corrected chi connectivity index (χ1v) is 8.17. The van der Waals surface area contributed by atoms with Crippen LogP contribution >= 0.6 is 27.3 Å². The summed E-state index contributed by atoms with van der Waals surface area (Å²) in [7, 11) is 0. The molecule has 1 amide bonds. The molecule has 0 unspecified atom stereocenters. The largest absolute Gasteiger partial charge is 0.451 e. The number of amides is 1. The van der Waals surface area contributed by atoms with E-state index in [1.807, 2.05) is 42.5 Å². The molecule has 0 saturated carbocycles. The molecule has 0 aliphatic carbocycles. The van der Waals surface area contributed by atoms with E-state index in [2.05, 4.69) is 26.2 Å². The van der Waals surface area contributed by atoms with Gasteiger partial charge in [0.25, 0.3) is 5.91 Å². The molecule has 1 N–H and O–H groups in total. The zero-order valence-corrected chi connectivity index (χ0v) is 13.6. The van der Waals surface area contributed by atoms with Crippen LogP contribution in [0.4, 0.5) is 5.13 Å². The summed E-state index contributed by atoms with van der Waals surface area (Å²) in [4.78, 5) is 16.7. The van der Waals surface area contributed by atoms with Crippen LogP contribution in [0, 0.1) is 0 Å². The Hall–Kier alpha value is -2.18. The molecule has 4 rings (SSSR count). The lowest BCUT2D eigenvalue weighted by Gasteiger charge is -1.96. The van der Waals surface area contributed by atoms with Gasteiger partial charge in [-0.25, -0.2) is 4.98 Å². The fourth-order valence-corrected chi connectivity index (χ4v) is 3.69. The lowest BCUT2D eigenvalue weighted by Crippen LogP contribution is -2.10. The Morgan fingerprint density at radius 3 is 2.86 bits per heavy atom. The lowest BCUT2D eigenvalue weighted by atomic mass is 10.2. The molecule has 0 bridgehead atoms. The molecule has 0 saturated heterocycles. The Morgan fingerprint density at radius 1 is 1.18 bits per heavy atom. The van der Waals surface area contributed by atoms with Gasteiger partial charge in [-0.2, -0.15) is 0 Å². The topological polar surface area (TPSA) is 55.1 Å². The Morgan fingerprint density at radius 2 is 2.05 bits per heavy atom. The van der Waals surface area contributed by atoms with Crippen molar-refractivity contribution in [3.05, 3.63) is 58.8 Å². The molecule has 2 aromatic carbocycles. The minimum atomic E-state index is -0.300. The first-order chi connectivity index (χ1) is 10.7. The summed E-state index contributed by atoms with van der Waals surface area (Å²) in [5.41, 5.74) is 1.53. The third-order valence-electron chi connectivity index (χ3n) is 3.24. The maximum absolute atomic E-state index is 12.3. The van der Waals surface area contributed by atoms with Gasteiger partial charge >= 0.3 is 0 Å². The SMILES string of the molecule is O=C(Nc1nc2c(Br)cccc2s1)c1cc2ccccc2o1. The van der Waals surface area contributed by atoms with Gasteiger partial charge in [-0.05, 0) is 40.2 Å². The fourth-order valence-electron chi connectivity index (χ4n) is 2.22. The van der Waals surface area contributed by atoms with Crippen molar-refractivity contribution < 1.29 is 9.21 Å². The van der Waals surface area contributed by atoms with E-state index >= 15 is 0 Å². The number of hydrogen-bond acceptors (Lipinski definition) is 4. The smallest absolute Gasteiger partial charge is 0.293 e. The number of furan rings is 1. The van der Waals surface area contributed by atoms with Crippen molar-refractivity contribution in [3.63, 3.8) is 0 Å². The minimum Gasteiger partial charge on any atom is -0.451 e. The van der Waals surface area contributed by atoms with Crippen molar-refractivity contribution >= 4 is 59.5 Å². The normalized spacial score (nSPS) is 11.1. The molecule has 22 heavy (non-hydrogen) atoms. The summed E-state index contributed by atoms with van der Waals surface area (Å²) in [6.07, 6.45) is 0. The highest BCUT2D eigenvalue weighted by Gasteiger charge is 2.15. The van der Waals surface area contributed by atoms with Crippen molar-refractivity contribution in [2.24, 2.45) is 0 Å². The van der Waals surface area contributed by atoms with E-state index < -0.39 is 0 Å². The van der Waals surface area contributed by atoms with E-state index in [-0.39, 0.29) is 11.7 Å². The van der Waals surface area contributed by atoms with Gasteiger partial charge in [-0.15, -0.1) is 0 Å². The van der Waals surface area contributed by atoms with Crippen molar-refractivity contribution in [3.8, 4) is 0 Å². The third-order valence-corrected chi connectivity index (χ3v) is 4.82. The molecule has 0 atom stereocenters. The standard InChI is InChI=1S/C16H9BrN2O2S/c17-10-5-3-7-13-14(10)18-16(22-13)19-15(20)12-8-9-4-1-2-6-11(9)21-12/h1-8H,(H,18,19,20). The number of nitrogens with zero attached hydrogens (tertiary/aromatic N) is 1. The number of fused-ring (bicyclic) bond motifs is 2. The van der Waals surface area contributed by atoms with Crippen molar-refractivity contribution in [1.82, 2.24) is 4.98 Å². The molecule has 0 fully saturated rings. The summed E-state index contributed by atoms with van der Waals surface area (Å²) >= 11 is 4.88. The molecule has 6 heteroatoms. The number of halogens is 1. The number of thiazole rings is 1. The zero-order valence-electron chi connectivity index (χ0n) is 11.2. The highest BCUT2D eigenvalue weighted by molar-refractivity contribution is 9.10. The molecule has 0 radical (unpaired) electrons. The predicted octanol–water partition coefficient (Wildman–Crippen LogP) is 5.06. The summed E-state index contributed by atoms with van der Waals surface area (Å²) in [5, 5.41) is 4.24. The molecule has 0 spiro atoms. The van der Waals surface area contributed by atoms with Gasteiger partial charge in [-0.1, -0.05) is 35.6 Å². The Labute approximate surface area is 137 Å². The molecule has 4 nitrogen and oxygen atoms in total. The molecule has 4 aromatic rings. The number of rotatable bonds is 2. The van der Waals surface area contributed by atoms with Gasteiger partial charge in [0.05, 0.1) is 10.2 Å². The Bertz CT molecular complexity index is 973. The summed E-state index contributed by atoms with van der Waals surface area (Å²) in [6.45, 7) is 0. The van der Waals surface area contributed by atoms with Crippen LogP contribution in [0.25, 0.3) is 21.2 Å². The molecular formula is C16H9BrN2O2S. The second-order valence-corrected chi connectivity index (χ2v) is 6.59. The second-order valence-electron chi connectivity index (χ2n) is 4.71. The first-order valence-electron chi connectivity index (χ1n) is 6.56. The molecular weight excluding hydrogens is 364 g/mol. The van der Waals surface area contributed by atoms with Crippen LogP contribution in [0.5, 0.6) is 0 Å². The summed E-state index contributed by atoms with van der Waals surface area (Å²) < 4.78 is 7.47. The van der Waals surface area contributed by atoms with Crippen LogP contribution in [0.15, 0.2) is 57.4 Å². The van der Waals surface area contributed by atoms with Gasteiger partial charge in [0.15, 0.2) is 10.9 Å². The summed E-state index contributed by atoms with van der Waals surface area (Å²) in [5.74, 6) is -0.0223. The van der Waals surface area contributed by atoms with Gasteiger partial charge in [0.2, 0.25) is 0 Å². The number of para-hydroxylation sites is 2. The van der Waals surface area contributed by atoms with E-state index in [1.165, 1.54) is 11.3 Å². The van der Waals surface area contributed by atoms with Crippen molar-refractivity contribution in [1.29, 1.82) is 0 Å². The van der Waals surface area contributed by atoms with Crippen LogP contribution in [-0.2, 0) is 0 Å². The number of hydrogen-bond donors (Lipinski definition) is 1. The molecule has 108 valence electrons. The molecule has 2 aromatic heterocycles. The van der Waals surface area contributed by atoms with Gasteiger partial charge in [0.1, 0.15) is 5.58 Å². The summed E-state index contributed by atoms with van der Waals surface area (Å²) in [6, 6.07) is 15.1. The first kappa shape index (κ1) is 13.5. The van der Waals surface area contributed by atoms with Gasteiger partial charge in [0, 0.05) is 9.86 Å². The van der Waals surface area contributed by atoms with E-state index in [4.69, 9.17) is 4.42 Å². The van der Waals surface area contributed by atoms with Gasteiger partial charge < -0.3 is 4.42 Å². The Kier molecular flexibility index (Phi) is 3.20. The number of carbonyl (C=O) groups is 1. The third kappa shape index (κ3) is 2.30. The minimum absolute atomic E-state index is 0.277. The van der Waals surface area contributed by atoms with E-state index in [0.29, 0.717) is 10.7 Å². The van der Waals surface area contributed by atoms with Crippen LogP contribution in [0.2, 0.25) is 0 Å². The second kappa shape index (κ2) is 5.23. The van der Waals surface area contributed by atoms with Crippen molar-refractivity contribution in [2.45, 2.75) is 0 Å². The van der Waals surface area contributed by atoms with E-state index in [9.17, 15) is 4.79 Å². The van der Waals surface area contributed by atoms with E-state index in [1.54, 1.807) is 6.07 Å². The van der Waals surface area contributed by atoms with Crippen molar-refractivity contribution in [2.75, 3.05) is 5.32 Å². The maximum atomic E-state index is 12.3.